The Morgan fingerprint density at radius 3 is 2.55 bits per heavy atom. The molecule has 2 aromatic rings. The lowest BCUT2D eigenvalue weighted by Gasteiger charge is -2.08. The van der Waals surface area contributed by atoms with Gasteiger partial charge in [0.15, 0.2) is 0 Å². The first kappa shape index (κ1) is 14.5. The van der Waals surface area contributed by atoms with E-state index in [2.05, 4.69) is 4.72 Å². The number of hydrogen-bond donors (Lipinski definition) is 2. The van der Waals surface area contributed by atoms with Crippen LogP contribution in [0, 0.1) is 19.7 Å². The molecule has 1 heterocycles. The maximum absolute atomic E-state index is 13.4. The molecule has 1 aromatic carbocycles. The van der Waals surface area contributed by atoms with E-state index in [1.807, 2.05) is 0 Å². The Kier molecular flexibility index (Phi) is 3.82. The minimum absolute atomic E-state index is 0.0203. The van der Waals surface area contributed by atoms with E-state index in [0.717, 1.165) is 6.07 Å². The molecule has 0 fully saturated rings. The molecule has 0 unspecified atom stereocenters. The summed E-state index contributed by atoms with van der Waals surface area (Å²) in [6, 6.07) is 5.76. The first-order valence-electron chi connectivity index (χ1n) is 5.90. The second-order valence-electron chi connectivity index (χ2n) is 4.48. The van der Waals surface area contributed by atoms with Crippen LogP contribution in [0.4, 0.5) is 10.1 Å². The van der Waals surface area contributed by atoms with Crippen LogP contribution < -0.4 is 10.5 Å². The molecule has 0 saturated carbocycles. The minimum Gasteiger partial charge on any atom is -0.465 e. The van der Waals surface area contributed by atoms with E-state index in [1.165, 1.54) is 13.0 Å². The number of hydrogen-bond acceptors (Lipinski definition) is 4. The highest BCUT2D eigenvalue weighted by Gasteiger charge is 2.17. The Bertz CT molecular complexity index is 715. The molecule has 7 heteroatoms. The lowest BCUT2D eigenvalue weighted by molar-refractivity contribution is 0.475. The average molecular weight is 298 g/mol. The highest BCUT2D eigenvalue weighted by Crippen LogP contribution is 2.21. The summed E-state index contributed by atoms with van der Waals surface area (Å²) < 4.78 is 45.2. The largest absolute Gasteiger partial charge is 0.465 e. The highest BCUT2D eigenvalue weighted by atomic mass is 32.2. The molecule has 5 nitrogen and oxygen atoms in total. The molecule has 0 aliphatic heterocycles. The first-order chi connectivity index (χ1) is 9.29. The maximum atomic E-state index is 13.4. The molecule has 3 N–H and O–H groups in total. The van der Waals surface area contributed by atoms with Gasteiger partial charge in [0, 0.05) is 0 Å². The molecule has 2 rings (SSSR count). The molecule has 108 valence electrons. The van der Waals surface area contributed by atoms with Crippen LogP contribution in [0.25, 0.3) is 0 Å². The number of aryl methyl sites for hydroxylation is 2. The third-order valence-corrected chi connectivity index (χ3v) is 4.18. The van der Waals surface area contributed by atoms with Crippen LogP contribution in [0.2, 0.25) is 0 Å². The molecule has 0 saturated heterocycles. The topological polar surface area (TPSA) is 85.3 Å². The zero-order valence-electron chi connectivity index (χ0n) is 11.1. The van der Waals surface area contributed by atoms with Crippen molar-refractivity contribution in [1.82, 2.24) is 4.72 Å². The van der Waals surface area contributed by atoms with Gasteiger partial charge >= 0.3 is 0 Å². The number of benzene rings is 1. The van der Waals surface area contributed by atoms with Crippen molar-refractivity contribution < 1.29 is 17.2 Å². The molecular weight excluding hydrogens is 283 g/mol. The zero-order chi connectivity index (χ0) is 14.9. The number of nitrogen functional groups attached to an aromatic ring is 1. The monoisotopic (exact) mass is 298 g/mol. The lowest BCUT2D eigenvalue weighted by atomic mass is 10.2. The van der Waals surface area contributed by atoms with Crippen molar-refractivity contribution in [3.05, 3.63) is 47.2 Å². The van der Waals surface area contributed by atoms with Gasteiger partial charge in [-0.05, 0) is 43.7 Å². The van der Waals surface area contributed by atoms with Crippen molar-refractivity contribution in [2.24, 2.45) is 0 Å². The molecule has 0 amide bonds. The van der Waals surface area contributed by atoms with Crippen molar-refractivity contribution >= 4 is 15.7 Å². The Hall–Kier alpha value is -1.86. The first-order valence-corrected chi connectivity index (χ1v) is 7.38. The van der Waals surface area contributed by atoms with Gasteiger partial charge in [-0.25, -0.2) is 17.5 Å². The summed E-state index contributed by atoms with van der Waals surface area (Å²) in [6.07, 6.45) is 0. The van der Waals surface area contributed by atoms with E-state index >= 15 is 0 Å². The Labute approximate surface area is 116 Å². The van der Waals surface area contributed by atoms with Crippen molar-refractivity contribution in [2.75, 3.05) is 5.73 Å². The van der Waals surface area contributed by atoms with Gasteiger partial charge in [0.1, 0.15) is 17.3 Å². The van der Waals surface area contributed by atoms with E-state index in [4.69, 9.17) is 10.2 Å². The molecular formula is C13H15FN2O3S. The molecule has 20 heavy (non-hydrogen) atoms. The van der Waals surface area contributed by atoms with E-state index in [9.17, 15) is 12.8 Å². The predicted molar refractivity (Wildman–Crippen MR) is 73.0 cm³/mol. The predicted octanol–water partition coefficient (Wildman–Crippen LogP) is 2.10. The number of nitrogens with two attached hydrogens (primary N) is 1. The van der Waals surface area contributed by atoms with Crippen molar-refractivity contribution in [3.63, 3.8) is 0 Å². The number of furan rings is 1. The van der Waals surface area contributed by atoms with Crippen molar-refractivity contribution in [1.29, 1.82) is 0 Å². The summed E-state index contributed by atoms with van der Waals surface area (Å²) in [6.45, 7) is 3.25. The zero-order valence-corrected chi connectivity index (χ0v) is 11.9. The summed E-state index contributed by atoms with van der Waals surface area (Å²) in [5, 5.41) is 0. The number of nitrogens with one attached hydrogen (secondary N) is 1. The van der Waals surface area contributed by atoms with Gasteiger partial charge < -0.3 is 10.2 Å². The highest BCUT2D eigenvalue weighted by molar-refractivity contribution is 7.89. The quantitative estimate of drug-likeness (QED) is 0.846. The molecule has 0 aliphatic carbocycles. The van der Waals surface area contributed by atoms with Crippen LogP contribution in [0.1, 0.15) is 17.1 Å². The Balaban J connectivity index is 2.22. The fourth-order valence-corrected chi connectivity index (χ4v) is 2.86. The Morgan fingerprint density at radius 2 is 2.00 bits per heavy atom. The molecule has 0 aliphatic rings. The van der Waals surface area contributed by atoms with Gasteiger partial charge in [0.25, 0.3) is 0 Å². The molecule has 0 bridgehead atoms. The molecule has 1 aromatic heterocycles. The summed E-state index contributed by atoms with van der Waals surface area (Å²) in [5.41, 5.74) is 5.43. The summed E-state index contributed by atoms with van der Waals surface area (Å²) >= 11 is 0. The van der Waals surface area contributed by atoms with Gasteiger partial charge in [-0.1, -0.05) is 0 Å². The van der Waals surface area contributed by atoms with Gasteiger partial charge in [0.05, 0.1) is 17.1 Å². The van der Waals surface area contributed by atoms with Gasteiger partial charge in [-0.15, -0.1) is 0 Å². The van der Waals surface area contributed by atoms with Crippen LogP contribution in [0.5, 0.6) is 0 Å². The second kappa shape index (κ2) is 5.26. The van der Waals surface area contributed by atoms with E-state index in [-0.39, 0.29) is 22.7 Å². The van der Waals surface area contributed by atoms with E-state index < -0.39 is 15.8 Å². The molecule has 0 atom stereocenters. The van der Waals surface area contributed by atoms with Gasteiger partial charge in [-0.3, -0.25) is 0 Å². The van der Waals surface area contributed by atoms with Crippen molar-refractivity contribution in [2.45, 2.75) is 25.3 Å². The lowest BCUT2D eigenvalue weighted by Crippen LogP contribution is -2.23. The standard InChI is InChI=1S/C13H15FN2O3S/c1-8-5-11(6-12(15)13(8)14)20(17,18)16-7-10-4-3-9(2)19-10/h3-6,16H,7,15H2,1-2H3. The normalized spacial score (nSPS) is 11.8. The summed E-state index contributed by atoms with van der Waals surface area (Å²) in [5.74, 6) is 0.588. The van der Waals surface area contributed by atoms with Crippen LogP contribution >= 0.6 is 0 Å². The average Bonchev–Trinajstić information content (AvgIpc) is 2.79. The van der Waals surface area contributed by atoms with Crippen LogP contribution in [0.15, 0.2) is 33.6 Å². The summed E-state index contributed by atoms with van der Waals surface area (Å²) in [4.78, 5) is -0.0721. The smallest absolute Gasteiger partial charge is 0.241 e. The number of anilines is 1. The fraction of sp³-hybridized carbons (Fsp3) is 0.231. The number of rotatable bonds is 4. The van der Waals surface area contributed by atoms with Crippen LogP contribution in [-0.4, -0.2) is 8.42 Å². The summed E-state index contributed by atoms with van der Waals surface area (Å²) in [7, 11) is -3.77. The number of sulfonamides is 1. The van der Waals surface area contributed by atoms with Crippen LogP contribution in [-0.2, 0) is 16.6 Å². The van der Waals surface area contributed by atoms with E-state index in [0.29, 0.717) is 11.5 Å². The fourth-order valence-electron chi connectivity index (χ4n) is 1.75. The second-order valence-corrected chi connectivity index (χ2v) is 6.25. The third kappa shape index (κ3) is 3.00. The van der Waals surface area contributed by atoms with Crippen LogP contribution in [0.3, 0.4) is 0 Å². The molecule has 0 radical (unpaired) electrons. The van der Waals surface area contributed by atoms with Crippen molar-refractivity contribution in [3.8, 4) is 0 Å². The van der Waals surface area contributed by atoms with Gasteiger partial charge in [-0.2, -0.15) is 0 Å². The minimum atomic E-state index is -3.77. The SMILES string of the molecule is Cc1ccc(CNS(=O)(=O)c2cc(C)c(F)c(N)c2)o1. The maximum Gasteiger partial charge on any atom is 0.241 e. The van der Waals surface area contributed by atoms with E-state index in [1.54, 1.807) is 19.1 Å². The number of halogens is 1. The Morgan fingerprint density at radius 1 is 1.30 bits per heavy atom. The molecule has 0 spiro atoms. The van der Waals surface area contributed by atoms with Gasteiger partial charge in [0.2, 0.25) is 10.0 Å². The third-order valence-electron chi connectivity index (χ3n) is 2.80.